The van der Waals surface area contributed by atoms with Gasteiger partial charge in [0.25, 0.3) is 0 Å². The zero-order valence-corrected chi connectivity index (χ0v) is 11.9. The van der Waals surface area contributed by atoms with Gasteiger partial charge in [0.05, 0.1) is 32.9 Å². The first-order chi connectivity index (χ1) is 8.56. The lowest BCUT2D eigenvalue weighted by Gasteiger charge is -2.07. The van der Waals surface area contributed by atoms with E-state index < -0.39 is 0 Å². The predicted molar refractivity (Wildman–Crippen MR) is 75.6 cm³/mol. The number of anilines is 1. The van der Waals surface area contributed by atoms with Crippen molar-refractivity contribution in [2.45, 2.75) is 13.3 Å². The third-order valence-corrected chi connectivity index (χ3v) is 3.88. The number of carbonyl (C=O) groups excluding carboxylic acids is 1. The Morgan fingerprint density at radius 2 is 2.22 bits per heavy atom. The molecule has 0 saturated carbocycles. The maximum atomic E-state index is 11.8. The van der Waals surface area contributed by atoms with Crippen LogP contribution in [0.3, 0.4) is 0 Å². The highest BCUT2D eigenvalue weighted by Crippen LogP contribution is 2.29. The van der Waals surface area contributed by atoms with Crippen molar-refractivity contribution < 1.29 is 4.79 Å². The van der Waals surface area contributed by atoms with Crippen LogP contribution in [0.2, 0.25) is 10.0 Å². The lowest BCUT2D eigenvalue weighted by Crippen LogP contribution is -2.14. The van der Waals surface area contributed by atoms with Crippen molar-refractivity contribution in [3.05, 3.63) is 44.3 Å². The average molecular weight is 301 g/mol. The summed E-state index contributed by atoms with van der Waals surface area (Å²) in [5, 5.41) is 6.30. The maximum absolute atomic E-state index is 11.8. The first-order valence-electron chi connectivity index (χ1n) is 5.21. The van der Waals surface area contributed by atoms with Gasteiger partial charge in [-0.2, -0.15) is 0 Å². The van der Waals surface area contributed by atoms with Crippen molar-refractivity contribution in [1.82, 2.24) is 4.98 Å². The van der Waals surface area contributed by atoms with E-state index in [2.05, 4.69) is 10.3 Å². The Morgan fingerprint density at radius 1 is 1.44 bits per heavy atom. The molecule has 0 radical (unpaired) electrons. The van der Waals surface area contributed by atoms with E-state index in [0.29, 0.717) is 15.7 Å². The lowest BCUT2D eigenvalue weighted by atomic mass is 10.3. The number of nitrogens with zero attached hydrogens (tertiary/aromatic N) is 1. The van der Waals surface area contributed by atoms with Crippen molar-refractivity contribution in [3.8, 4) is 0 Å². The number of aryl methyl sites for hydroxylation is 1. The third kappa shape index (κ3) is 3.22. The fraction of sp³-hybridized carbons (Fsp3) is 0.167. The summed E-state index contributed by atoms with van der Waals surface area (Å²) >= 11 is 13.4. The number of carbonyl (C=O) groups is 1. The van der Waals surface area contributed by atoms with Gasteiger partial charge in [-0.15, -0.1) is 11.3 Å². The van der Waals surface area contributed by atoms with Gasteiger partial charge in [0.15, 0.2) is 0 Å². The van der Waals surface area contributed by atoms with E-state index in [0.717, 1.165) is 10.7 Å². The molecule has 94 valence electrons. The molecule has 18 heavy (non-hydrogen) atoms. The van der Waals surface area contributed by atoms with Crippen LogP contribution in [0.5, 0.6) is 0 Å². The number of thiazole rings is 1. The fourth-order valence-electron chi connectivity index (χ4n) is 1.45. The van der Waals surface area contributed by atoms with E-state index in [4.69, 9.17) is 23.2 Å². The van der Waals surface area contributed by atoms with Gasteiger partial charge in [-0.05, 0) is 19.1 Å². The van der Waals surface area contributed by atoms with Crippen LogP contribution in [0, 0.1) is 6.92 Å². The van der Waals surface area contributed by atoms with E-state index in [1.165, 1.54) is 11.3 Å². The number of hydrogen-bond donors (Lipinski definition) is 1. The summed E-state index contributed by atoms with van der Waals surface area (Å²) in [6, 6.07) is 5.11. The Labute approximate surface area is 119 Å². The molecule has 2 aromatic rings. The molecule has 0 aliphatic carbocycles. The number of hydrogen-bond acceptors (Lipinski definition) is 3. The van der Waals surface area contributed by atoms with E-state index in [1.54, 1.807) is 18.2 Å². The molecule has 2 rings (SSSR count). The summed E-state index contributed by atoms with van der Waals surface area (Å²) in [7, 11) is 0. The summed E-state index contributed by atoms with van der Waals surface area (Å²) in [5.74, 6) is -0.163. The Kier molecular flexibility index (Phi) is 4.22. The zero-order valence-electron chi connectivity index (χ0n) is 9.54. The second-order valence-corrected chi connectivity index (χ2v) is 5.53. The molecular formula is C12H10Cl2N2OS. The summed E-state index contributed by atoms with van der Waals surface area (Å²) < 4.78 is 0. The van der Waals surface area contributed by atoms with Crippen LogP contribution in [-0.2, 0) is 11.2 Å². The van der Waals surface area contributed by atoms with Gasteiger partial charge in [0.2, 0.25) is 5.91 Å². The number of halogens is 2. The van der Waals surface area contributed by atoms with Crippen molar-refractivity contribution in [2.75, 3.05) is 5.32 Å². The van der Waals surface area contributed by atoms with Gasteiger partial charge in [0.1, 0.15) is 0 Å². The van der Waals surface area contributed by atoms with Crippen LogP contribution in [0.25, 0.3) is 0 Å². The normalized spacial score (nSPS) is 10.4. The molecule has 0 unspecified atom stereocenters. The Balaban J connectivity index is 2.05. The van der Waals surface area contributed by atoms with Crippen LogP contribution < -0.4 is 5.32 Å². The van der Waals surface area contributed by atoms with Crippen molar-refractivity contribution >= 4 is 46.1 Å². The van der Waals surface area contributed by atoms with Gasteiger partial charge < -0.3 is 5.32 Å². The molecule has 1 amide bonds. The summed E-state index contributed by atoms with van der Waals surface area (Å²) in [6.45, 7) is 1.90. The molecule has 0 aliphatic rings. The van der Waals surface area contributed by atoms with Crippen molar-refractivity contribution in [1.29, 1.82) is 0 Å². The summed E-state index contributed by atoms with van der Waals surface area (Å²) in [6.07, 6.45) is 0.229. The van der Waals surface area contributed by atoms with Gasteiger partial charge >= 0.3 is 0 Å². The van der Waals surface area contributed by atoms with E-state index in [9.17, 15) is 4.79 Å². The van der Waals surface area contributed by atoms with Crippen LogP contribution >= 0.6 is 34.5 Å². The second-order valence-electron chi connectivity index (χ2n) is 3.68. The van der Waals surface area contributed by atoms with E-state index >= 15 is 0 Å². The highest BCUT2D eigenvalue weighted by Gasteiger charge is 2.10. The molecule has 0 atom stereocenters. The molecule has 3 nitrogen and oxygen atoms in total. The van der Waals surface area contributed by atoms with Crippen LogP contribution in [-0.4, -0.2) is 10.9 Å². The minimum Gasteiger partial charge on any atom is -0.324 e. The molecular weight excluding hydrogens is 291 g/mol. The molecule has 1 N–H and O–H groups in total. The smallest absolute Gasteiger partial charge is 0.230 e. The molecule has 1 aromatic carbocycles. The molecule has 1 aromatic heterocycles. The lowest BCUT2D eigenvalue weighted by molar-refractivity contribution is -0.115. The van der Waals surface area contributed by atoms with E-state index in [-0.39, 0.29) is 12.3 Å². The first-order valence-corrected chi connectivity index (χ1v) is 6.84. The average Bonchev–Trinajstić information content (AvgIpc) is 2.70. The van der Waals surface area contributed by atoms with Gasteiger partial charge in [-0.1, -0.05) is 29.3 Å². The number of aromatic nitrogens is 1. The van der Waals surface area contributed by atoms with Crippen LogP contribution in [0.15, 0.2) is 23.6 Å². The monoisotopic (exact) mass is 300 g/mol. The quantitative estimate of drug-likeness (QED) is 0.933. The summed E-state index contributed by atoms with van der Waals surface area (Å²) in [4.78, 5) is 16.0. The van der Waals surface area contributed by atoms with Gasteiger partial charge in [-0.3, -0.25) is 4.79 Å². The standard InChI is InChI=1S/C12H10Cl2N2OS/c1-7-15-8(6-18-7)5-11(17)16-10-4-2-3-9(13)12(10)14/h2-4,6H,5H2,1H3,(H,16,17). The highest BCUT2D eigenvalue weighted by atomic mass is 35.5. The van der Waals surface area contributed by atoms with Gasteiger partial charge in [0, 0.05) is 5.38 Å². The molecule has 1 heterocycles. The Hall–Kier alpha value is -1.10. The third-order valence-electron chi connectivity index (χ3n) is 2.23. The highest BCUT2D eigenvalue weighted by molar-refractivity contribution is 7.09. The minimum atomic E-state index is -0.163. The number of nitrogens with one attached hydrogen (secondary N) is 1. The molecule has 0 bridgehead atoms. The largest absolute Gasteiger partial charge is 0.324 e. The number of amides is 1. The Morgan fingerprint density at radius 3 is 2.89 bits per heavy atom. The van der Waals surface area contributed by atoms with Crippen molar-refractivity contribution in [3.63, 3.8) is 0 Å². The second kappa shape index (κ2) is 5.69. The van der Waals surface area contributed by atoms with Gasteiger partial charge in [-0.25, -0.2) is 4.98 Å². The number of rotatable bonds is 3. The summed E-state index contributed by atoms with van der Waals surface area (Å²) in [5.41, 5.74) is 1.27. The van der Waals surface area contributed by atoms with Crippen LogP contribution in [0.1, 0.15) is 10.7 Å². The minimum absolute atomic E-state index is 0.163. The zero-order chi connectivity index (χ0) is 13.1. The van der Waals surface area contributed by atoms with E-state index in [1.807, 2.05) is 12.3 Å². The Bertz CT molecular complexity index is 583. The SMILES string of the molecule is Cc1nc(CC(=O)Nc2cccc(Cl)c2Cl)cs1. The molecule has 6 heteroatoms. The first kappa shape index (κ1) is 13.3. The molecule has 0 aliphatic heterocycles. The topological polar surface area (TPSA) is 42.0 Å². The molecule has 0 spiro atoms. The molecule has 0 saturated heterocycles. The maximum Gasteiger partial charge on any atom is 0.230 e. The fourth-order valence-corrected chi connectivity index (χ4v) is 2.41. The molecule has 0 fully saturated rings. The predicted octanol–water partition coefficient (Wildman–Crippen LogP) is 3.94. The number of benzene rings is 1. The van der Waals surface area contributed by atoms with Crippen LogP contribution in [0.4, 0.5) is 5.69 Å². The van der Waals surface area contributed by atoms with Crippen molar-refractivity contribution in [2.24, 2.45) is 0 Å².